The van der Waals surface area contributed by atoms with Crippen LogP contribution in [0.2, 0.25) is 5.02 Å². The van der Waals surface area contributed by atoms with Crippen LogP contribution in [0, 0.1) is 0 Å². The quantitative estimate of drug-likeness (QED) is 0.589. The van der Waals surface area contributed by atoms with Gasteiger partial charge in [-0.3, -0.25) is 9.59 Å². The lowest BCUT2D eigenvalue weighted by Gasteiger charge is -2.18. The molecule has 150 valence electrons. The molecule has 0 unspecified atom stereocenters. The highest BCUT2D eigenvalue weighted by Crippen LogP contribution is 2.21. The molecule has 2 aromatic carbocycles. The molecule has 0 aliphatic heterocycles. The molecule has 28 heavy (non-hydrogen) atoms. The summed E-state index contributed by atoms with van der Waals surface area (Å²) in [5.41, 5.74) is 0.829. The number of para-hydroxylation sites is 1. The van der Waals surface area contributed by atoms with E-state index in [1.54, 1.807) is 55.6 Å². The molecule has 0 saturated carbocycles. The van der Waals surface area contributed by atoms with Gasteiger partial charge in [0, 0.05) is 25.3 Å². The SMILES string of the molecule is CC[C@@H](Oc1cccc(Cl)c1)C(=O)Nc1ccccc1C(=O)NCCCOC. The first-order valence-corrected chi connectivity index (χ1v) is 9.52. The lowest BCUT2D eigenvalue weighted by Crippen LogP contribution is -2.33. The zero-order valence-corrected chi connectivity index (χ0v) is 16.8. The smallest absolute Gasteiger partial charge is 0.265 e. The zero-order valence-electron chi connectivity index (χ0n) is 16.0. The fourth-order valence-corrected chi connectivity index (χ4v) is 2.72. The first kappa shape index (κ1) is 21.7. The minimum absolute atomic E-state index is 0.254. The number of halogens is 1. The molecule has 0 bridgehead atoms. The summed E-state index contributed by atoms with van der Waals surface area (Å²) < 4.78 is 10.7. The van der Waals surface area contributed by atoms with Gasteiger partial charge in [-0.05, 0) is 43.2 Å². The van der Waals surface area contributed by atoms with Crippen molar-refractivity contribution in [3.63, 3.8) is 0 Å². The molecule has 6 nitrogen and oxygen atoms in total. The highest BCUT2D eigenvalue weighted by molar-refractivity contribution is 6.30. The Morgan fingerprint density at radius 2 is 1.93 bits per heavy atom. The van der Waals surface area contributed by atoms with Crippen LogP contribution in [0.25, 0.3) is 0 Å². The van der Waals surface area contributed by atoms with Crippen molar-refractivity contribution in [2.24, 2.45) is 0 Å². The van der Waals surface area contributed by atoms with Gasteiger partial charge in [-0.15, -0.1) is 0 Å². The molecule has 1 atom stereocenters. The largest absolute Gasteiger partial charge is 0.481 e. The summed E-state index contributed by atoms with van der Waals surface area (Å²) in [6.45, 7) is 2.91. The molecule has 0 saturated heterocycles. The van der Waals surface area contributed by atoms with Gasteiger partial charge in [-0.2, -0.15) is 0 Å². The van der Waals surface area contributed by atoms with Crippen molar-refractivity contribution in [3.8, 4) is 5.75 Å². The first-order valence-electron chi connectivity index (χ1n) is 9.14. The summed E-state index contributed by atoms with van der Waals surface area (Å²) in [5.74, 6) is -0.0726. The van der Waals surface area contributed by atoms with E-state index in [2.05, 4.69) is 10.6 Å². The summed E-state index contributed by atoms with van der Waals surface area (Å²) in [4.78, 5) is 25.1. The normalized spacial score (nSPS) is 11.5. The number of methoxy groups -OCH3 is 1. The number of hydrogen-bond acceptors (Lipinski definition) is 4. The van der Waals surface area contributed by atoms with Gasteiger partial charge in [0.2, 0.25) is 0 Å². The number of ether oxygens (including phenoxy) is 2. The maximum atomic E-state index is 12.7. The van der Waals surface area contributed by atoms with Gasteiger partial charge >= 0.3 is 0 Å². The predicted octanol–water partition coefficient (Wildman–Crippen LogP) is 3.90. The second-order valence-corrected chi connectivity index (χ2v) is 6.55. The number of carbonyl (C=O) groups is 2. The van der Waals surface area contributed by atoms with Crippen molar-refractivity contribution in [1.29, 1.82) is 0 Å². The highest BCUT2D eigenvalue weighted by atomic mass is 35.5. The molecule has 2 aromatic rings. The van der Waals surface area contributed by atoms with Crippen LogP contribution in [0.1, 0.15) is 30.1 Å². The molecule has 7 heteroatoms. The van der Waals surface area contributed by atoms with E-state index in [0.717, 1.165) is 0 Å². The van der Waals surface area contributed by atoms with E-state index in [-0.39, 0.29) is 11.8 Å². The first-order chi connectivity index (χ1) is 13.5. The Morgan fingerprint density at radius 3 is 2.64 bits per heavy atom. The summed E-state index contributed by atoms with van der Waals surface area (Å²) in [6.07, 6.45) is 0.461. The molecule has 0 fully saturated rings. The minimum atomic E-state index is -0.712. The van der Waals surface area contributed by atoms with Crippen LogP contribution < -0.4 is 15.4 Å². The maximum absolute atomic E-state index is 12.7. The fraction of sp³-hybridized carbons (Fsp3) is 0.333. The van der Waals surface area contributed by atoms with E-state index < -0.39 is 6.10 Å². The number of carbonyl (C=O) groups excluding carboxylic acids is 2. The Balaban J connectivity index is 2.04. The van der Waals surface area contributed by atoms with Gasteiger partial charge in [0.25, 0.3) is 11.8 Å². The second-order valence-electron chi connectivity index (χ2n) is 6.11. The average Bonchev–Trinajstić information content (AvgIpc) is 2.69. The van der Waals surface area contributed by atoms with Crippen molar-refractivity contribution in [2.75, 3.05) is 25.6 Å². The molecule has 0 radical (unpaired) electrons. The van der Waals surface area contributed by atoms with Crippen LogP contribution >= 0.6 is 11.6 Å². The monoisotopic (exact) mass is 404 g/mol. The van der Waals surface area contributed by atoms with Gasteiger partial charge < -0.3 is 20.1 Å². The number of anilines is 1. The zero-order chi connectivity index (χ0) is 20.4. The molecule has 0 aliphatic carbocycles. The van der Waals surface area contributed by atoms with Gasteiger partial charge in [-0.1, -0.05) is 36.7 Å². The van der Waals surface area contributed by atoms with E-state index in [0.29, 0.717) is 48.0 Å². The molecular formula is C21H25ClN2O4. The van der Waals surface area contributed by atoms with Crippen molar-refractivity contribution >= 4 is 29.1 Å². The predicted molar refractivity (Wildman–Crippen MR) is 110 cm³/mol. The Hall–Kier alpha value is -2.57. The number of benzene rings is 2. The standard InChI is InChI=1S/C21H25ClN2O4/c1-3-19(28-16-9-6-8-15(22)14-16)21(26)24-18-11-5-4-10-17(18)20(25)23-12-7-13-27-2/h4-6,8-11,14,19H,3,7,12-13H2,1-2H3,(H,23,25)(H,24,26)/t19-/m1/s1. The molecule has 0 heterocycles. The minimum Gasteiger partial charge on any atom is -0.481 e. The van der Waals surface area contributed by atoms with Crippen LogP contribution in [-0.4, -0.2) is 38.2 Å². The summed E-state index contributed by atoms with van der Waals surface area (Å²) in [7, 11) is 1.61. The van der Waals surface area contributed by atoms with E-state index in [4.69, 9.17) is 21.1 Å². The Bertz CT molecular complexity index is 797. The molecule has 2 rings (SSSR count). The van der Waals surface area contributed by atoms with Crippen LogP contribution in [0.15, 0.2) is 48.5 Å². The Kier molecular flexibility index (Phi) is 8.78. The number of rotatable bonds is 10. The van der Waals surface area contributed by atoms with Crippen LogP contribution in [-0.2, 0) is 9.53 Å². The van der Waals surface area contributed by atoms with Gasteiger partial charge in [0.1, 0.15) is 5.75 Å². The van der Waals surface area contributed by atoms with E-state index in [1.807, 2.05) is 6.92 Å². The van der Waals surface area contributed by atoms with Crippen LogP contribution in [0.3, 0.4) is 0 Å². The molecule has 2 amide bonds. The van der Waals surface area contributed by atoms with Gasteiger partial charge in [0.05, 0.1) is 11.3 Å². The number of nitrogens with one attached hydrogen (secondary N) is 2. The van der Waals surface area contributed by atoms with Crippen molar-refractivity contribution < 1.29 is 19.1 Å². The fourth-order valence-electron chi connectivity index (χ4n) is 2.54. The second kappa shape index (κ2) is 11.3. The maximum Gasteiger partial charge on any atom is 0.265 e. The lowest BCUT2D eigenvalue weighted by molar-refractivity contribution is -0.122. The van der Waals surface area contributed by atoms with Gasteiger partial charge in [-0.25, -0.2) is 0 Å². The highest BCUT2D eigenvalue weighted by Gasteiger charge is 2.21. The number of hydrogen-bond donors (Lipinski definition) is 2. The average molecular weight is 405 g/mol. The Labute approximate surface area is 170 Å². The van der Waals surface area contributed by atoms with Crippen molar-refractivity contribution in [2.45, 2.75) is 25.9 Å². The molecule has 2 N–H and O–H groups in total. The molecule has 0 aromatic heterocycles. The van der Waals surface area contributed by atoms with Gasteiger partial charge in [0.15, 0.2) is 6.10 Å². The van der Waals surface area contributed by atoms with Crippen LogP contribution in [0.4, 0.5) is 5.69 Å². The van der Waals surface area contributed by atoms with E-state index >= 15 is 0 Å². The molecular weight excluding hydrogens is 380 g/mol. The summed E-state index contributed by atoms with van der Waals surface area (Å²) in [5, 5.41) is 6.15. The Morgan fingerprint density at radius 1 is 1.14 bits per heavy atom. The van der Waals surface area contributed by atoms with Crippen molar-refractivity contribution in [3.05, 3.63) is 59.1 Å². The molecule has 0 spiro atoms. The number of amides is 2. The van der Waals surface area contributed by atoms with Crippen LogP contribution in [0.5, 0.6) is 5.75 Å². The van der Waals surface area contributed by atoms with E-state index in [1.165, 1.54) is 0 Å². The van der Waals surface area contributed by atoms with E-state index in [9.17, 15) is 9.59 Å². The summed E-state index contributed by atoms with van der Waals surface area (Å²) >= 11 is 5.97. The summed E-state index contributed by atoms with van der Waals surface area (Å²) in [6, 6.07) is 13.7. The third-order valence-electron chi connectivity index (χ3n) is 3.98. The topological polar surface area (TPSA) is 76.7 Å². The van der Waals surface area contributed by atoms with Crippen molar-refractivity contribution in [1.82, 2.24) is 5.32 Å². The molecule has 0 aliphatic rings. The lowest BCUT2D eigenvalue weighted by atomic mass is 10.1. The third-order valence-corrected chi connectivity index (χ3v) is 4.21. The third kappa shape index (κ3) is 6.55.